The van der Waals surface area contributed by atoms with Crippen LogP contribution in [-0.4, -0.2) is 5.16 Å². The minimum Gasteiger partial charge on any atom is -0.464 e. The number of nitrogen functional groups attached to an aromatic ring is 1. The Hall–Kier alpha value is -2.53. The van der Waals surface area contributed by atoms with E-state index in [4.69, 9.17) is 14.7 Å². The van der Waals surface area contributed by atoms with Gasteiger partial charge in [-0.15, -0.1) is 11.3 Å². The molecule has 0 aliphatic carbocycles. The Morgan fingerprint density at radius 3 is 2.85 bits per heavy atom. The van der Waals surface area contributed by atoms with Gasteiger partial charge in [-0.05, 0) is 17.5 Å². The SMILES string of the molecule is Nc1onc(-c2coc3ccccc23)c1-c1cccs1. The minimum atomic E-state index is 0.327. The number of furan rings is 1. The second kappa shape index (κ2) is 4.25. The highest BCUT2D eigenvalue weighted by atomic mass is 32.1. The first-order valence-corrected chi connectivity index (χ1v) is 6.98. The number of aromatic nitrogens is 1. The normalized spacial score (nSPS) is 11.2. The number of thiophene rings is 1. The molecule has 20 heavy (non-hydrogen) atoms. The van der Waals surface area contributed by atoms with Crippen molar-refractivity contribution in [2.75, 3.05) is 5.73 Å². The largest absolute Gasteiger partial charge is 0.464 e. The number of hydrogen-bond acceptors (Lipinski definition) is 5. The molecule has 0 radical (unpaired) electrons. The predicted molar refractivity (Wildman–Crippen MR) is 79.4 cm³/mol. The zero-order valence-corrected chi connectivity index (χ0v) is 11.2. The molecule has 0 unspecified atom stereocenters. The zero-order valence-electron chi connectivity index (χ0n) is 10.4. The minimum absolute atomic E-state index is 0.327. The van der Waals surface area contributed by atoms with E-state index in [0.717, 1.165) is 32.7 Å². The van der Waals surface area contributed by atoms with Crippen LogP contribution in [0.1, 0.15) is 0 Å². The second-order valence-corrected chi connectivity index (χ2v) is 5.34. The third-order valence-electron chi connectivity index (χ3n) is 3.22. The van der Waals surface area contributed by atoms with Crippen molar-refractivity contribution in [3.63, 3.8) is 0 Å². The molecule has 4 aromatic rings. The van der Waals surface area contributed by atoms with Gasteiger partial charge in [-0.1, -0.05) is 29.4 Å². The molecule has 1 aromatic carbocycles. The molecule has 2 N–H and O–H groups in total. The summed E-state index contributed by atoms with van der Waals surface area (Å²) in [5, 5.41) is 7.11. The standard InChI is InChI=1S/C15H10N2O2S/c16-15-13(12-6-3-7-20-12)14(17-19-15)10-8-18-11-5-2-1-4-9(10)11/h1-8H,16H2. The molecule has 0 spiro atoms. The van der Waals surface area contributed by atoms with Crippen LogP contribution in [0.15, 0.2) is 57.0 Å². The maximum atomic E-state index is 5.93. The quantitative estimate of drug-likeness (QED) is 0.592. The van der Waals surface area contributed by atoms with E-state index >= 15 is 0 Å². The van der Waals surface area contributed by atoms with Crippen molar-refractivity contribution in [2.24, 2.45) is 0 Å². The van der Waals surface area contributed by atoms with Gasteiger partial charge in [0.15, 0.2) is 0 Å². The van der Waals surface area contributed by atoms with Crippen LogP contribution in [0.4, 0.5) is 5.88 Å². The maximum Gasteiger partial charge on any atom is 0.231 e. The van der Waals surface area contributed by atoms with Crippen molar-refractivity contribution in [1.29, 1.82) is 0 Å². The Kier molecular flexibility index (Phi) is 2.40. The molecule has 0 saturated carbocycles. The molecule has 0 atom stereocenters. The lowest BCUT2D eigenvalue weighted by Gasteiger charge is -1.97. The highest BCUT2D eigenvalue weighted by Gasteiger charge is 2.21. The van der Waals surface area contributed by atoms with E-state index in [-0.39, 0.29) is 0 Å². The van der Waals surface area contributed by atoms with Gasteiger partial charge in [-0.25, -0.2) is 0 Å². The lowest BCUT2D eigenvalue weighted by atomic mass is 10.1. The summed E-state index contributed by atoms with van der Waals surface area (Å²) < 4.78 is 10.8. The first kappa shape index (κ1) is 11.3. The lowest BCUT2D eigenvalue weighted by molar-refractivity contribution is 0.439. The smallest absolute Gasteiger partial charge is 0.231 e. The number of rotatable bonds is 2. The number of benzene rings is 1. The average Bonchev–Trinajstić information content (AvgIpc) is 3.16. The lowest BCUT2D eigenvalue weighted by Crippen LogP contribution is -1.85. The number of fused-ring (bicyclic) bond motifs is 1. The monoisotopic (exact) mass is 282 g/mol. The third-order valence-corrected chi connectivity index (χ3v) is 4.11. The summed E-state index contributed by atoms with van der Waals surface area (Å²) in [7, 11) is 0. The van der Waals surface area contributed by atoms with E-state index in [9.17, 15) is 0 Å². The Balaban J connectivity index is 2.00. The summed E-state index contributed by atoms with van der Waals surface area (Å²) in [6.45, 7) is 0. The predicted octanol–water partition coefficient (Wildman–Crippen LogP) is 4.40. The number of nitrogens with two attached hydrogens (primary N) is 1. The van der Waals surface area contributed by atoms with Gasteiger partial charge < -0.3 is 14.7 Å². The van der Waals surface area contributed by atoms with Crippen LogP contribution in [0.2, 0.25) is 0 Å². The van der Waals surface area contributed by atoms with Crippen molar-refractivity contribution in [1.82, 2.24) is 5.16 Å². The number of hydrogen-bond donors (Lipinski definition) is 1. The van der Waals surface area contributed by atoms with Gasteiger partial charge in [0.1, 0.15) is 17.5 Å². The van der Waals surface area contributed by atoms with E-state index < -0.39 is 0 Å². The van der Waals surface area contributed by atoms with Gasteiger partial charge in [-0.2, -0.15) is 0 Å². The Bertz CT molecular complexity index is 874. The fraction of sp³-hybridized carbons (Fsp3) is 0. The first-order chi connectivity index (χ1) is 9.84. The van der Waals surface area contributed by atoms with Crippen LogP contribution in [0.5, 0.6) is 0 Å². The topological polar surface area (TPSA) is 65.2 Å². The van der Waals surface area contributed by atoms with E-state index in [1.165, 1.54) is 0 Å². The summed E-state index contributed by atoms with van der Waals surface area (Å²) in [5.74, 6) is 0.327. The molecule has 0 aliphatic heterocycles. The second-order valence-electron chi connectivity index (χ2n) is 4.39. The maximum absolute atomic E-state index is 5.93. The number of anilines is 1. The average molecular weight is 282 g/mol. The van der Waals surface area contributed by atoms with E-state index in [1.807, 2.05) is 41.8 Å². The van der Waals surface area contributed by atoms with Gasteiger partial charge in [-0.3, -0.25) is 0 Å². The van der Waals surface area contributed by atoms with Gasteiger partial charge >= 0.3 is 0 Å². The summed E-state index contributed by atoms with van der Waals surface area (Å²) in [6, 6.07) is 11.8. The summed E-state index contributed by atoms with van der Waals surface area (Å²) >= 11 is 1.60. The van der Waals surface area contributed by atoms with Gasteiger partial charge in [0, 0.05) is 10.3 Å². The van der Waals surface area contributed by atoms with Gasteiger partial charge in [0.2, 0.25) is 5.88 Å². The van der Waals surface area contributed by atoms with Crippen LogP contribution in [-0.2, 0) is 0 Å². The first-order valence-electron chi connectivity index (χ1n) is 6.10. The third kappa shape index (κ3) is 1.57. The molecular weight excluding hydrogens is 272 g/mol. The summed E-state index contributed by atoms with van der Waals surface area (Å²) in [4.78, 5) is 1.03. The molecule has 98 valence electrons. The Labute approximate surface area is 118 Å². The molecule has 0 aliphatic rings. The van der Waals surface area contributed by atoms with Gasteiger partial charge in [0.25, 0.3) is 0 Å². The van der Waals surface area contributed by atoms with Crippen molar-refractivity contribution >= 4 is 28.2 Å². The van der Waals surface area contributed by atoms with Crippen LogP contribution < -0.4 is 5.73 Å². The molecule has 0 fully saturated rings. The van der Waals surface area contributed by atoms with Crippen LogP contribution in [0.3, 0.4) is 0 Å². The number of nitrogens with zero attached hydrogens (tertiary/aromatic N) is 1. The fourth-order valence-electron chi connectivity index (χ4n) is 2.31. The molecule has 3 heterocycles. The molecule has 3 aromatic heterocycles. The van der Waals surface area contributed by atoms with Crippen LogP contribution in [0.25, 0.3) is 32.7 Å². The van der Waals surface area contributed by atoms with Crippen molar-refractivity contribution < 1.29 is 8.94 Å². The zero-order chi connectivity index (χ0) is 13.5. The molecule has 4 nitrogen and oxygen atoms in total. The number of para-hydroxylation sites is 1. The highest BCUT2D eigenvalue weighted by molar-refractivity contribution is 7.13. The Morgan fingerprint density at radius 1 is 1.10 bits per heavy atom. The van der Waals surface area contributed by atoms with E-state index in [1.54, 1.807) is 17.6 Å². The molecule has 0 saturated heterocycles. The van der Waals surface area contributed by atoms with Crippen molar-refractivity contribution in [3.8, 4) is 21.7 Å². The summed E-state index contributed by atoms with van der Waals surface area (Å²) in [5.41, 5.74) is 9.19. The van der Waals surface area contributed by atoms with Gasteiger partial charge in [0.05, 0.1) is 11.1 Å². The van der Waals surface area contributed by atoms with Crippen molar-refractivity contribution in [2.45, 2.75) is 0 Å². The van der Waals surface area contributed by atoms with E-state index in [0.29, 0.717) is 5.88 Å². The molecule has 4 rings (SSSR count). The van der Waals surface area contributed by atoms with Crippen LogP contribution >= 0.6 is 11.3 Å². The highest BCUT2D eigenvalue weighted by Crippen LogP contribution is 2.41. The molecule has 5 heteroatoms. The molecule has 0 bridgehead atoms. The summed E-state index contributed by atoms with van der Waals surface area (Å²) in [6.07, 6.45) is 1.69. The molecular formula is C15H10N2O2S. The van der Waals surface area contributed by atoms with Crippen molar-refractivity contribution in [3.05, 3.63) is 48.0 Å². The fourth-order valence-corrected chi connectivity index (χ4v) is 3.08. The van der Waals surface area contributed by atoms with E-state index in [2.05, 4.69) is 5.16 Å². The van der Waals surface area contributed by atoms with Crippen LogP contribution in [0, 0.1) is 0 Å². The Morgan fingerprint density at radius 2 is 2.00 bits per heavy atom. The molecule has 0 amide bonds.